The molecule has 0 aliphatic carbocycles. The summed E-state index contributed by atoms with van der Waals surface area (Å²) in [4.78, 5) is 38.2. The van der Waals surface area contributed by atoms with Crippen molar-refractivity contribution >= 4 is 17.9 Å². The molecule has 0 aromatic carbocycles. The van der Waals surface area contributed by atoms with Gasteiger partial charge in [-0.3, -0.25) is 14.4 Å². The van der Waals surface area contributed by atoms with E-state index in [-0.39, 0.29) is 31.1 Å². The molecule has 0 aliphatic heterocycles. The number of carbonyl (C=O) groups excluding carboxylic acids is 3. The molecule has 0 N–H and O–H groups in total. The van der Waals surface area contributed by atoms with Crippen LogP contribution in [0.5, 0.6) is 0 Å². The SMILES string of the molecule is CCCC/C=C\CCCCCCCC(=O)OCC(COC(=O)CCCCCCCCCCCCCCCCCCCCCCCCCCCCC)OC(=O)CCCCCCCCCCCCCCCCCCC. The lowest BCUT2D eigenvalue weighted by molar-refractivity contribution is -0.167. The lowest BCUT2D eigenvalue weighted by Crippen LogP contribution is -2.30. The van der Waals surface area contributed by atoms with Crippen molar-refractivity contribution in [3.05, 3.63) is 12.2 Å². The molecular formula is C67H128O6. The topological polar surface area (TPSA) is 78.9 Å². The van der Waals surface area contributed by atoms with Gasteiger partial charge in [0.15, 0.2) is 6.10 Å². The summed E-state index contributed by atoms with van der Waals surface area (Å²) in [5, 5.41) is 0. The van der Waals surface area contributed by atoms with Crippen LogP contribution in [0.4, 0.5) is 0 Å². The summed E-state index contributed by atoms with van der Waals surface area (Å²) in [5.41, 5.74) is 0. The Morgan fingerprint density at radius 1 is 0.260 bits per heavy atom. The van der Waals surface area contributed by atoms with Crippen molar-refractivity contribution in [2.24, 2.45) is 0 Å². The predicted molar refractivity (Wildman–Crippen MR) is 317 cm³/mol. The van der Waals surface area contributed by atoms with E-state index in [0.717, 1.165) is 64.2 Å². The molecule has 0 saturated heterocycles. The smallest absolute Gasteiger partial charge is 0.306 e. The van der Waals surface area contributed by atoms with Crippen LogP contribution in [0.1, 0.15) is 380 Å². The lowest BCUT2D eigenvalue weighted by atomic mass is 10.0. The Bertz CT molecular complexity index is 1130. The molecule has 6 nitrogen and oxygen atoms in total. The van der Waals surface area contributed by atoms with Gasteiger partial charge in [0.25, 0.3) is 0 Å². The highest BCUT2D eigenvalue weighted by atomic mass is 16.6. The Balaban J connectivity index is 4.13. The highest BCUT2D eigenvalue weighted by Crippen LogP contribution is 2.19. The van der Waals surface area contributed by atoms with Crippen molar-refractivity contribution in [2.75, 3.05) is 13.2 Å². The van der Waals surface area contributed by atoms with Gasteiger partial charge in [-0.15, -0.1) is 0 Å². The Labute approximate surface area is 456 Å². The highest BCUT2D eigenvalue weighted by molar-refractivity contribution is 5.71. The first-order chi connectivity index (χ1) is 36.0. The van der Waals surface area contributed by atoms with Crippen molar-refractivity contribution in [2.45, 2.75) is 386 Å². The van der Waals surface area contributed by atoms with Crippen LogP contribution >= 0.6 is 0 Å². The summed E-state index contributed by atoms with van der Waals surface area (Å²) in [7, 11) is 0. The van der Waals surface area contributed by atoms with Gasteiger partial charge in [-0.05, 0) is 38.5 Å². The zero-order valence-corrected chi connectivity index (χ0v) is 49.7. The van der Waals surface area contributed by atoms with Crippen molar-refractivity contribution in [1.29, 1.82) is 0 Å². The molecule has 0 amide bonds. The van der Waals surface area contributed by atoms with Crippen LogP contribution < -0.4 is 0 Å². The third kappa shape index (κ3) is 60.9. The van der Waals surface area contributed by atoms with Gasteiger partial charge in [0.2, 0.25) is 0 Å². The van der Waals surface area contributed by atoms with Crippen LogP contribution in [-0.4, -0.2) is 37.2 Å². The van der Waals surface area contributed by atoms with Crippen LogP contribution in [0.15, 0.2) is 12.2 Å². The summed E-state index contributed by atoms with van der Waals surface area (Å²) in [6, 6.07) is 0. The molecule has 0 aliphatic rings. The van der Waals surface area contributed by atoms with E-state index in [0.29, 0.717) is 19.3 Å². The number of ether oxygens (including phenoxy) is 3. The molecule has 0 rings (SSSR count). The molecule has 0 heterocycles. The van der Waals surface area contributed by atoms with E-state index in [9.17, 15) is 14.4 Å². The quantitative estimate of drug-likeness (QED) is 0.0261. The molecule has 1 atom stereocenters. The number of hydrogen-bond donors (Lipinski definition) is 0. The van der Waals surface area contributed by atoms with Crippen molar-refractivity contribution < 1.29 is 28.6 Å². The number of allylic oxidation sites excluding steroid dienone is 2. The summed E-state index contributed by atoms with van der Waals surface area (Å²) in [6.07, 6.45) is 73.9. The van der Waals surface area contributed by atoms with Gasteiger partial charge in [-0.2, -0.15) is 0 Å². The third-order valence-electron chi connectivity index (χ3n) is 15.3. The van der Waals surface area contributed by atoms with Gasteiger partial charge >= 0.3 is 17.9 Å². The fourth-order valence-electron chi connectivity index (χ4n) is 10.3. The Hall–Kier alpha value is -1.85. The average molecular weight is 1030 g/mol. The fraction of sp³-hybridized carbons (Fsp3) is 0.925. The predicted octanol–water partition coefficient (Wildman–Crippen LogP) is 22.4. The number of esters is 3. The highest BCUT2D eigenvalue weighted by Gasteiger charge is 2.19. The van der Waals surface area contributed by atoms with Gasteiger partial charge in [0, 0.05) is 19.3 Å². The molecule has 0 radical (unpaired) electrons. The summed E-state index contributed by atoms with van der Waals surface area (Å²) in [5.74, 6) is -0.847. The van der Waals surface area contributed by atoms with E-state index < -0.39 is 6.10 Å². The largest absolute Gasteiger partial charge is 0.462 e. The number of hydrogen-bond acceptors (Lipinski definition) is 6. The molecule has 0 spiro atoms. The zero-order valence-electron chi connectivity index (χ0n) is 49.7. The molecule has 0 aromatic heterocycles. The molecule has 0 bridgehead atoms. The van der Waals surface area contributed by atoms with Crippen LogP contribution in [0.3, 0.4) is 0 Å². The van der Waals surface area contributed by atoms with E-state index in [2.05, 4.69) is 32.9 Å². The van der Waals surface area contributed by atoms with E-state index in [1.165, 1.54) is 276 Å². The van der Waals surface area contributed by atoms with Gasteiger partial charge in [-0.25, -0.2) is 0 Å². The van der Waals surface area contributed by atoms with Crippen LogP contribution in [0.25, 0.3) is 0 Å². The molecule has 432 valence electrons. The standard InChI is InChI=1S/C67H128O6/c1-4-7-10-13-16-19-22-24-26-28-29-30-31-32-33-34-35-36-37-39-40-42-45-48-51-54-57-60-66(69)72-63-64(62-71-65(68)59-56-53-50-47-44-21-18-15-12-9-6-3)73-67(70)61-58-55-52-49-46-43-41-38-27-25-23-20-17-14-11-8-5-2/h15,18,64H,4-14,16-17,19-63H2,1-3H3/b18-15-. The number of carbonyl (C=O) groups is 3. The summed E-state index contributed by atoms with van der Waals surface area (Å²) < 4.78 is 16.9. The van der Waals surface area contributed by atoms with Crippen LogP contribution in [0.2, 0.25) is 0 Å². The maximum absolute atomic E-state index is 12.9. The minimum absolute atomic E-state index is 0.0662. The van der Waals surface area contributed by atoms with Crippen molar-refractivity contribution in [1.82, 2.24) is 0 Å². The first-order valence-electron chi connectivity index (χ1n) is 33.2. The normalized spacial score (nSPS) is 12.0. The minimum Gasteiger partial charge on any atom is -0.462 e. The average Bonchev–Trinajstić information content (AvgIpc) is 3.39. The van der Waals surface area contributed by atoms with Gasteiger partial charge in [0.1, 0.15) is 13.2 Å². The minimum atomic E-state index is -0.768. The maximum atomic E-state index is 12.9. The second kappa shape index (κ2) is 62.7. The molecule has 73 heavy (non-hydrogen) atoms. The molecule has 0 aromatic rings. The second-order valence-corrected chi connectivity index (χ2v) is 22.7. The Morgan fingerprint density at radius 2 is 0.466 bits per heavy atom. The first-order valence-corrected chi connectivity index (χ1v) is 33.2. The summed E-state index contributed by atoms with van der Waals surface area (Å²) >= 11 is 0. The molecule has 0 saturated carbocycles. The molecular weight excluding hydrogens is 901 g/mol. The van der Waals surface area contributed by atoms with Gasteiger partial charge in [0.05, 0.1) is 0 Å². The second-order valence-electron chi connectivity index (χ2n) is 22.7. The third-order valence-corrected chi connectivity index (χ3v) is 15.3. The monoisotopic (exact) mass is 1030 g/mol. The first kappa shape index (κ1) is 71.2. The van der Waals surface area contributed by atoms with Crippen LogP contribution in [-0.2, 0) is 28.6 Å². The lowest BCUT2D eigenvalue weighted by Gasteiger charge is -2.18. The fourth-order valence-corrected chi connectivity index (χ4v) is 10.3. The van der Waals surface area contributed by atoms with Crippen molar-refractivity contribution in [3.8, 4) is 0 Å². The van der Waals surface area contributed by atoms with Crippen molar-refractivity contribution in [3.63, 3.8) is 0 Å². The Kier molecular flexibility index (Phi) is 61.1. The molecule has 0 fully saturated rings. The summed E-state index contributed by atoms with van der Waals surface area (Å²) in [6.45, 7) is 6.67. The van der Waals surface area contributed by atoms with E-state index in [1.807, 2.05) is 0 Å². The van der Waals surface area contributed by atoms with E-state index in [4.69, 9.17) is 14.2 Å². The van der Waals surface area contributed by atoms with Crippen LogP contribution in [0, 0.1) is 0 Å². The number of unbranched alkanes of at least 4 members (excludes halogenated alkanes) is 49. The van der Waals surface area contributed by atoms with E-state index >= 15 is 0 Å². The number of rotatable bonds is 62. The maximum Gasteiger partial charge on any atom is 0.306 e. The Morgan fingerprint density at radius 3 is 0.726 bits per heavy atom. The van der Waals surface area contributed by atoms with Gasteiger partial charge in [-0.1, -0.05) is 335 Å². The molecule has 1 unspecified atom stereocenters. The van der Waals surface area contributed by atoms with E-state index in [1.54, 1.807) is 0 Å². The van der Waals surface area contributed by atoms with Gasteiger partial charge < -0.3 is 14.2 Å². The molecule has 6 heteroatoms. The zero-order chi connectivity index (χ0) is 52.9.